The number of rotatable bonds is 2. The first-order valence-corrected chi connectivity index (χ1v) is 7.78. The lowest BCUT2D eigenvalue weighted by Gasteiger charge is -2.44. The summed E-state index contributed by atoms with van der Waals surface area (Å²) in [5, 5.41) is 3.45. The third-order valence-electron chi connectivity index (χ3n) is 4.28. The Balaban J connectivity index is 1.76. The van der Waals surface area contributed by atoms with Crippen molar-refractivity contribution in [2.24, 2.45) is 5.92 Å². The largest absolute Gasteiger partial charge is 0.335 e. The van der Waals surface area contributed by atoms with Gasteiger partial charge >= 0.3 is 0 Å². The van der Waals surface area contributed by atoms with Crippen molar-refractivity contribution < 1.29 is 4.79 Å². The second-order valence-corrected chi connectivity index (χ2v) is 6.42. The predicted octanol–water partition coefficient (Wildman–Crippen LogP) is 2.55. The molecule has 0 saturated carbocycles. The molecule has 0 spiro atoms. The Morgan fingerprint density at radius 3 is 2.84 bits per heavy atom. The lowest BCUT2D eigenvalue weighted by molar-refractivity contribution is -0.140. The maximum atomic E-state index is 12.2. The molecule has 2 fully saturated rings. The average molecular weight is 323 g/mol. The number of halogens is 1. The minimum atomic E-state index is 0.325. The zero-order valence-electron chi connectivity index (χ0n) is 10.9. The van der Waals surface area contributed by atoms with Crippen molar-refractivity contribution in [1.29, 1.82) is 0 Å². The van der Waals surface area contributed by atoms with Crippen molar-refractivity contribution in [3.05, 3.63) is 34.3 Å². The predicted molar refractivity (Wildman–Crippen MR) is 78.7 cm³/mol. The molecule has 4 heteroatoms. The molecule has 1 aromatic rings. The lowest BCUT2D eigenvalue weighted by atomic mass is 9.84. The Morgan fingerprint density at radius 2 is 2.05 bits per heavy atom. The summed E-state index contributed by atoms with van der Waals surface area (Å²) < 4.78 is 1.08. The van der Waals surface area contributed by atoms with Crippen LogP contribution in [0.4, 0.5) is 0 Å². The van der Waals surface area contributed by atoms with Gasteiger partial charge in [0.2, 0.25) is 5.91 Å². The van der Waals surface area contributed by atoms with Crippen LogP contribution in [0.1, 0.15) is 24.8 Å². The van der Waals surface area contributed by atoms with Crippen LogP contribution < -0.4 is 5.32 Å². The minimum Gasteiger partial charge on any atom is -0.335 e. The van der Waals surface area contributed by atoms with Crippen LogP contribution in [-0.2, 0) is 11.3 Å². The van der Waals surface area contributed by atoms with Gasteiger partial charge in [-0.05, 0) is 49.5 Å². The van der Waals surface area contributed by atoms with Gasteiger partial charge in [-0.1, -0.05) is 28.1 Å². The molecule has 3 rings (SSSR count). The quantitative estimate of drug-likeness (QED) is 0.907. The van der Waals surface area contributed by atoms with Crippen molar-refractivity contribution >= 4 is 21.8 Å². The van der Waals surface area contributed by atoms with E-state index in [1.54, 1.807) is 0 Å². The van der Waals surface area contributed by atoms with Gasteiger partial charge < -0.3 is 10.2 Å². The van der Waals surface area contributed by atoms with Gasteiger partial charge in [-0.25, -0.2) is 0 Å². The second-order valence-electron chi connectivity index (χ2n) is 5.51. The van der Waals surface area contributed by atoms with Gasteiger partial charge in [0.05, 0.1) is 0 Å². The summed E-state index contributed by atoms with van der Waals surface area (Å²) in [6.07, 6.45) is 2.85. The monoisotopic (exact) mass is 322 g/mol. The first kappa shape index (κ1) is 13.1. The molecule has 2 aliphatic heterocycles. The molecule has 2 atom stereocenters. The van der Waals surface area contributed by atoms with Gasteiger partial charge in [0, 0.05) is 23.5 Å². The lowest BCUT2D eigenvalue weighted by Crippen LogP contribution is -2.54. The maximum absolute atomic E-state index is 12.2. The SMILES string of the molecule is O=C1CCC2CNCCC2N1Cc1ccc(Br)cc1. The Labute approximate surface area is 122 Å². The van der Waals surface area contributed by atoms with Crippen molar-refractivity contribution in [3.63, 3.8) is 0 Å². The third-order valence-corrected chi connectivity index (χ3v) is 4.81. The van der Waals surface area contributed by atoms with E-state index in [1.807, 2.05) is 12.1 Å². The van der Waals surface area contributed by atoms with E-state index in [4.69, 9.17) is 0 Å². The molecule has 2 unspecified atom stereocenters. The van der Waals surface area contributed by atoms with Gasteiger partial charge in [-0.3, -0.25) is 4.79 Å². The van der Waals surface area contributed by atoms with E-state index in [-0.39, 0.29) is 0 Å². The zero-order chi connectivity index (χ0) is 13.2. The molecule has 102 valence electrons. The summed E-state index contributed by atoms with van der Waals surface area (Å²) in [5.74, 6) is 0.966. The van der Waals surface area contributed by atoms with Crippen molar-refractivity contribution in [2.75, 3.05) is 13.1 Å². The summed E-state index contributed by atoms with van der Waals surface area (Å²) in [6, 6.07) is 8.73. The summed E-state index contributed by atoms with van der Waals surface area (Å²) in [7, 11) is 0. The number of fused-ring (bicyclic) bond motifs is 1. The molecule has 0 aliphatic carbocycles. The number of likely N-dealkylation sites (tertiary alicyclic amines) is 1. The smallest absolute Gasteiger partial charge is 0.223 e. The molecule has 0 bridgehead atoms. The molecule has 2 aliphatic rings. The Bertz CT molecular complexity index is 460. The number of hydrogen-bond donors (Lipinski definition) is 1. The molecule has 1 aromatic carbocycles. The van der Waals surface area contributed by atoms with Crippen molar-refractivity contribution in [2.45, 2.75) is 31.8 Å². The number of amides is 1. The maximum Gasteiger partial charge on any atom is 0.223 e. The van der Waals surface area contributed by atoms with Crippen LogP contribution in [0.25, 0.3) is 0 Å². The standard InChI is InChI=1S/C15H19BrN2O/c16-13-4-1-11(2-5-13)10-18-14-7-8-17-9-12(14)3-6-15(18)19/h1-2,4-5,12,14,17H,3,6-10H2. The van der Waals surface area contributed by atoms with E-state index < -0.39 is 0 Å². The van der Waals surface area contributed by atoms with Crippen molar-refractivity contribution in [3.8, 4) is 0 Å². The molecule has 2 heterocycles. The van der Waals surface area contributed by atoms with Gasteiger partial charge in [0.15, 0.2) is 0 Å². The summed E-state index contributed by atoms with van der Waals surface area (Å²) in [5.41, 5.74) is 1.22. The van der Waals surface area contributed by atoms with E-state index in [2.05, 4.69) is 38.3 Å². The fourth-order valence-corrected chi connectivity index (χ4v) is 3.51. The average Bonchev–Trinajstić information content (AvgIpc) is 2.44. The molecule has 19 heavy (non-hydrogen) atoms. The normalized spacial score (nSPS) is 27.2. The van der Waals surface area contributed by atoms with E-state index in [1.165, 1.54) is 5.56 Å². The van der Waals surface area contributed by atoms with Crippen LogP contribution >= 0.6 is 15.9 Å². The highest BCUT2D eigenvalue weighted by Gasteiger charge is 2.36. The van der Waals surface area contributed by atoms with Crippen LogP contribution in [0.2, 0.25) is 0 Å². The Morgan fingerprint density at radius 1 is 1.26 bits per heavy atom. The number of nitrogens with zero attached hydrogens (tertiary/aromatic N) is 1. The van der Waals surface area contributed by atoms with Crippen LogP contribution in [-0.4, -0.2) is 29.9 Å². The zero-order valence-corrected chi connectivity index (χ0v) is 12.5. The van der Waals surface area contributed by atoms with Crippen LogP contribution in [0, 0.1) is 5.92 Å². The fraction of sp³-hybridized carbons (Fsp3) is 0.533. The first-order valence-electron chi connectivity index (χ1n) is 6.98. The molecular weight excluding hydrogens is 304 g/mol. The number of carbonyl (C=O) groups excluding carboxylic acids is 1. The molecule has 2 saturated heterocycles. The molecule has 3 nitrogen and oxygen atoms in total. The number of carbonyl (C=O) groups is 1. The van der Waals surface area contributed by atoms with E-state index in [0.29, 0.717) is 24.3 Å². The van der Waals surface area contributed by atoms with Crippen LogP contribution in [0.15, 0.2) is 28.7 Å². The summed E-state index contributed by atoms with van der Waals surface area (Å²) >= 11 is 3.45. The second kappa shape index (κ2) is 5.63. The molecule has 0 aromatic heterocycles. The van der Waals surface area contributed by atoms with E-state index in [0.717, 1.165) is 36.9 Å². The number of hydrogen-bond acceptors (Lipinski definition) is 2. The van der Waals surface area contributed by atoms with Crippen LogP contribution in [0.3, 0.4) is 0 Å². The van der Waals surface area contributed by atoms with Crippen molar-refractivity contribution in [1.82, 2.24) is 10.2 Å². The highest BCUT2D eigenvalue weighted by molar-refractivity contribution is 9.10. The summed E-state index contributed by atoms with van der Waals surface area (Å²) in [6.45, 7) is 2.85. The van der Waals surface area contributed by atoms with Gasteiger partial charge in [0.1, 0.15) is 0 Å². The van der Waals surface area contributed by atoms with E-state index in [9.17, 15) is 4.79 Å². The minimum absolute atomic E-state index is 0.325. The van der Waals surface area contributed by atoms with Gasteiger partial charge in [-0.2, -0.15) is 0 Å². The number of piperidine rings is 2. The number of nitrogens with one attached hydrogen (secondary N) is 1. The summed E-state index contributed by atoms with van der Waals surface area (Å²) in [4.78, 5) is 14.3. The highest BCUT2D eigenvalue weighted by atomic mass is 79.9. The highest BCUT2D eigenvalue weighted by Crippen LogP contribution is 2.29. The van der Waals surface area contributed by atoms with Crippen LogP contribution in [0.5, 0.6) is 0 Å². The molecule has 1 amide bonds. The topological polar surface area (TPSA) is 32.3 Å². The van der Waals surface area contributed by atoms with E-state index >= 15 is 0 Å². The first-order chi connectivity index (χ1) is 9.24. The van der Waals surface area contributed by atoms with Gasteiger partial charge in [-0.15, -0.1) is 0 Å². The molecule has 1 N–H and O–H groups in total. The molecular formula is C15H19BrN2O. The number of benzene rings is 1. The molecule has 0 radical (unpaired) electrons. The fourth-order valence-electron chi connectivity index (χ4n) is 3.24. The third kappa shape index (κ3) is 2.84. The van der Waals surface area contributed by atoms with Gasteiger partial charge in [0.25, 0.3) is 0 Å². The Kier molecular flexibility index (Phi) is 3.89. The Hall–Kier alpha value is -0.870.